The summed E-state index contributed by atoms with van der Waals surface area (Å²) in [5.74, 6) is -0.907. The van der Waals surface area contributed by atoms with E-state index in [1.807, 2.05) is 48.5 Å². The Hall–Kier alpha value is -2.82. The number of phenolic OH excluding ortho intramolecular Hbond substituents is 2. The van der Waals surface area contributed by atoms with Crippen LogP contribution in [0.25, 0.3) is 0 Å². The molecule has 0 unspecified atom stereocenters. The number of carbonyl (C=O) groups is 2. The Morgan fingerprint density at radius 3 is 1.77 bits per heavy atom. The number of amides is 1. The highest BCUT2D eigenvalue weighted by molar-refractivity contribution is 6.41. The molecule has 162 valence electrons. The van der Waals surface area contributed by atoms with E-state index in [1.165, 1.54) is 0 Å². The summed E-state index contributed by atoms with van der Waals surface area (Å²) in [6.07, 6.45) is -0.0513. The summed E-state index contributed by atoms with van der Waals surface area (Å²) in [6.45, 7) is 15.4. The smallest absolute Gasteiger partial charge is 0.292 e. The predicted molar refractivity (Wildman–Crippen MR) is 120 cm³/mol. The molecule has 0 bridgehead atoms. The Morgan fingerprint density at radius 1 is 0.800 bits per heavy atom. The largest absolute Gasteiger partial charge is 0.508 e. The van der Waals surface area contributed by atoms with Gasteiger partial charge in [-0.05, 0) is 65.1 Å². The van der Waals surface area contributed by atoms with Gasteiger partial charge in [-0.3, -0.25) is 9.59 Å². The van der Waals surface area contributed by atoms with Crippen LogP contribution < -0.4 is 5.32 Å². The molecule has 0 saturated carbocycles. The first-order valence-electron chi connectivity index (χ1n) is 10.1. The van der Waals surface area contributed by atoms with Crippen LogP contribution in [0.1, 0.15) is 69.4 Å². The first kappa shape index (κ1) is 23.5. The molecular formula is C25H33NO4. The van der Waals surface area contributed by atoms with Crippen LogP contribution in [-0.4, -0.2) is 21.9 Å². The SMILES string of the molecule is Cc1cc(O)c(C(C)(C)C)cc1CC(=O)C(=O)Nc1cc(C(C)(C)C)c(O)cc1C. The maximum Gasteiger partial charge on any atom is 0.292 e. The quantitative estimate of drug-likeness (QED) is 0.485. The number of phenols is 2. The van der Waals surface area contributed by atoms with Crippen molar-refractivity contribution in [2.75, 3.05) is 5.32 Å². The summed E-state index contributed by atoms with van der Waals surface area (Å²) in [7, 11) is 0. The minimum absolute atomic E-state index is 0.0513. The number of hydrogen-bond acceptors (Lipinski definition) is 4. The van der Waals surface area contributed by atoms with Crippen LogP contribution in [0.3, 0.4) is 0 Å². The summed E-state index contributed by atoms with van der Waals surface area (Å²) >= 11 is 0. The van der Waals surface area contributed by atoms with Gasteiger partial charge in [0.25, 0.3) is 5.91 Å². The van der Waals surface area contributed by atoms with Crippen LogP contribution in [-0.2, 0) is 26.8 Å². The lowest BCUT2D eigenvalue weighted by atomic mass is 9.83. The van der Waals surface area contributed by atoms with E-state index in [1.54, 1.807) is 31.2 Å². The molecular weight excluding hydrogens is 378 g/mol. The highest BCUT2D eigenvalue weighted by Crippen LogP contribution is 2.35. The van der Waals surface area contributed by atoms with Crippen molar-refractivity contribution in [1.29, 1.82) is 0 Å². The van der Waals surface area contributed by atoms with Crippen LogP contribution in [0.15, 0.2) is 24.3 Å². The Kier molecular flexibility index (Phi) is 6.36. The number of nitrogens with one attached hydrogen (secondary N) is 1. The molecule has 30 heavy (non-hydrogen) atoms. The van der Waals surface area contributed by atoms with Crippen LogP contribution >= 0.6 is 0 Å². The zero-order valence-corrected chi connectivity index (χ0v) is 19.2. The Labute approximate surface area is 179 Å². The highest BCUT2D eigenvalue weighted by Gasteiger charge is 2.24. The Bertz CT molecular complexity index is 910. The van der Waals surface area contributed by atoms with Gasteiger partial charge in [-0.15, -0.1) is 0 Å². The summed E-state index contributed by atoms with van der Waals surface area (Å²) < 4.78 is 0. The fourth-order valence-electron chi connectivity index (χ4n) is 3.40. The maximum absolute atomic E-state index is 12.7. The lowest BCUT2D eigenvalue weighted by Crippen LogP contribution is -2.25. The van der Waals surface area contributed by atoms with Crippen molar-refractivity contribution in [3.8, 4) is 11.5 Å². The molecule has 3 N–H and O–H groups in total. The minimum Gasteiger partial charge on any atom is -0.508 e. The topological polar surface area (TPSA) is 86.6 Å². The van der Waals surface area contributed by atoms with Crippen molar-refractivity contribution in [2.45, 2.75) is 72.6 Å². The number of carbonyl (C=O) groups excluding carboxylic acids is 2. The van der Waals surface area contributed by atoms with Gasteiger partial charge >= 0.3 is 0 Å². The van der Waals surface area contributed by atoms with Crippen LogP contribution in [0.2, 0.25) is 0 Å². The van der Waals surface area contributed by atoms with E-state index in [-0.39, 0.29) is 28.7 Å². The molecule has 0 saturated heterocycles. The molecule has 5 heteroatoms. The number of benzene rings is 2. The van der Waals surface area contributed by atoms with Gasteiger partial charge in [0, 0.05) is 17.7 Å². The van der Waals surface area contributed by atoms with Gasteiger partial charge in [0.05, 0.1) is 0 Å². The normalized spacial score (nSPS) is 12.0. The molecule has 0 spiro atoms. The summed E-state index contributed by atoms with van der Waals surface area (Å²) in [5.41, 5.74) is 3.50. The van der Waals surface area contributed by atoms with Crippen molar-refractivity contribution >= 4 is 17.4 Å². The van der Waals surface area contributed by atoms with Gasteiger partial charge in [-0.25, -0.2) is 0 Å². The molecule has 1 amide bonds. The van der Waals surface area contributed by atoms with E-state index in [4.69, 9.17) is 0 Å². The molecule has 0 aromatic heterocycles. The zero-order valence-electron chi connectivity index (χ0n) is 19.2. The monoisotopic (exact) mass is 411 g/mol. The van der Waals surface area contributed by atoms with E-state index in [2.05, 4.69) is 5.32 Å². The van der Waals surface area contributed by atoms with Crippen molar-refractivity contribution in [3.05, 3.63) is 52.1 Å². The third kappa shape index (κ3) is 5.21. The molecule has 5 nitrogen and oxygen atoms in total. The maximum atomic E-state index is 12.7. The number of anilines is 1. The lowest BCUT2D eigenvalue weighted by molar-refractivity contribution is -0.134. The number of aryl methyl sites for hydroxylation is 2. The molecule has 0 radical (unpaired) electrons. The van der Waals surface area contributed by atoms with Gasteiger partial charge in [0.2, 0.25) is 5.78 Å². The molecule has 0 heterocycles. The summed E-state index contributed by atoms with van der Waals surface area (Å²) in [5, 5.41) is 23.2. The second-order valence-corrected chi connectivity index (χ2v) is 10.0. The van der Waals surface area contributed by atoms with Crippen LogP contribution in [0, 0.1) is 13.8 Å². The van der Waals surface area contributed by atoms with Gasteiger partial charge in [0.1, 0.15) is 11.5 Å². The highest BCUT2D eigenvalue weighted by atomic mass is 16.3. The van der Waals surface area contributed by atoms with Crippen molar-refractivity contribution in [1.82, 2.24) is 0 Å². The van der Waals surface area contributed by atoms with Crippen molar-refractivity contribution in [3.63, 3.8) is 0 Å². The molecule has 0 aliphatic heterocycles. The van der Waals surface area contributed by atoms with Gasteiger partial charge in [-0.1, -0.05) is 47.6 Å². The van der Waals surface area contributed by atoms with E-state index in [9.17, 15) is 19.8 Å². The number of ketones is 1. The standard InChI is InChI=1S/C25H33NO4/c1-14-9-20(27)17(24(3,4)5)11-16(14)12-22(29)23(30)26-19-13-18(25(6,7)8)21(28)10-15(19)2/h9-11,13,27-28H,12H2,1-8H3,(H,26,30). The first-order chi connectivity index (χ1) is 13.6. The Morgan fingerprint density at radius 2 is 1.27 bits per heavy atom. The molecule has 2 aromatic carbocycles. The summed E-state index contributed by atoms with van der Waals surface area (Å²) in [6, 6.07) is 6.76. The molecule has 2 aromatic rings. The molecule has 0 fully saturated rings. The fraction of sp³-hybridized carbons (Fsp3) is 0.440. The van der Waals surface area contributed by atoms with Gasteiger partial charge < -0.3 is 15.5 Å². The third-order valence-corrected chi connectivity index (χ3v) is 5.27. The van der Waals surface area contributed by atoms with E-state index >= 15 is 0 Å². The third-order valence-electron chi connectivity index (χ3n) is 5.27. The van der Waals surface area contributed by atoms with E-state index < -0.39 is 11.7 Å². The number of hydrogen-bond donors (Lipinski definition) is 3. The minimum atomic E-state index is -0.701. The second-order valence-electron chi connectivity index (χ2n) is 10.0. The second kappa shape index (κ2) is 8.13. The molecule has 2 rings (SSSR count). The summed E-state index contributed by atoms with van der Waals surface area (Å²) in [4.78, 5) is 25.3. The molecule has 0 aliphatic carbocycles. The number of aromatic hydroxyl groups is 2. The van der Waals surface area contributed by atoms with Gasteiger partial charge in [0.15, 0.2) is 0 Å². The van der Waals surface area contributed by atoms with E-state index in [0.29, 0.717) is 16.8 Å². The molecule has 0 aliphatic rings. The molecule has 0 atom stereocenters. The fourth-order valence-corrected chi connectivity index (χ4v) is 3.40. The van der Waals surface area contributed by atoms with Crippen LogP contribution in [0.5, 0.6) is 11.5 Å². The number of rotatable bonds is 4. The first-order valence-corrected chi connectivity index (χ1v) is 10.1. The Balaban J connectivity index is 2.28. The van der Waals surface area contributed by atoms with E-state index in [0.717, 1.165) is 16.7 Å². The van der Waals surface area contributed by atoms with Crippen molar-refractivity contribution in [2.24, 2.45) is 0 Å². The van der Waals surface area contributed by atoms with Crippen molar-refractivity contribution < 1.29 is 19.8 Å². The van der Waals surface area contributed by atoms with Gasteiger partial charge in [-0.2, -0.15) is 0 Å². The zero-order chi connectivity index (χ0) is 23.0. The number of Topliss-reactive ketones (excluding diaryl/α,β-unsaturated/α-hetero) is 1. The lowest BCUT2D eigenvalue weighted by Gasteiger charge is -2.23. The predicted octanol–water partition coefficient (Wildman–Crippen LogP) is 5.06. The average molecular weight is 412 g/mol. The van der Waals surface area contributed by atoms with Crippen LogP contribution in [0.4, 0.5) is 5.69 Å². The average Bonchev–Trinajstić information content (AvgIpc) is 2.57.